The van der Waals surface area contributed by atoms with Gasteiger partial charge in [0.2, 0.25) is 0 Å². The Morgan fingerprint density at radius 1 is 1.08 bits per heavy atom. The number of hydrogen-bond donors (Lipinski definition) is 2. The van der Waals surface area contributed by atoms with Crippen molar-refractivity contribution in [2.24, 2.45) is 0 Å². The number of benzene rings is 1. The summed E-state index contributed by atoms with van der Waals surface area (Å²) in [6.07, 6.45) is 3.68. The number of amides is 1. The second-order valence-corrected chi connectivity index (χ2v) is 6.56. The predicted octanol–water partition coefficient (Wildman–Crippen LogP) is 3.26. The first-order valence-electron chi connectivity index (χ1n) is 7.88. The zero-order valence-electron chi connectivity index (χ0n) is 14.3. The molecule has 0 aliphatic rings. The van der Waals surface area contributed by atoms with Crippen molar-refractivity contribution in [1.82, 2.24) is 9.38 Å². The van der Waals surface area contributed by atoms with Crippen LogP contribution in [0.1, 0.15) is 35.3 Å². The molecule has 3 rings (SSSR count). The number of hydrogen-bond acceptors (Lipinski definition) is 3. The molecule has 6 heteroatoms. The first-order chi connectivity index (χ1) is 11.8. The van der Waals surface area contributed by atoms with Crippen molar-refractivity contribution in [2.75, 3.05) is 5.32 Å². The predicted molar refractivity (Wildman–Crippen MR) is 95.0 cm³/mol. The van der Waals surface area contributed by atoms with E-state index in [1.807, 2.05) is 29.7 Å². The highest BCUT2D eigenvalue weighted by Crippen LogP contribution is 2.24. The van der Waals surface area contributed by atoms with Crippen LogP contribution < -0.4 is 5.32 Å². The maximum Gasteiger partial charge on any atom is 0.313 e. The molecule has 1 aromatic carbocycles. The van der Waals surface area contributed by atoms with Gasteiger partial charge < -0.3 is 14.8 Å². The molecule has 0 aliphatic heterocycles. The lowest BCUT2D eigenvalue weighted by molar-refractivity contribution is -0.142. The van der Waals surface area contributed by atoms with Gasteiger partial charge in [0.1, 0.15) is 5.65 Å². The molecule has 3 aromatic rings. The molecule has 25 heavy (non-hydrogen) atoms. The Kier molecular flexibility index (Phi) is 4.04. The van der Waals surface area contributed by atoms with Gasteiger partial charge in [-0.3, -0.25) is 9.59 Å². The number of carboxylic acid groups (broad SMARTS) is 1. The number of pyridine rings is 1. The van der Waals surface area contributed by atoms with E-state index in [4.69, 9.17) is 0 Å². The highest BCUT2D eigenvalue weighted by molar-refractivity contribution is 6.04. The number of carbonyl (C=O) groups excluding carboxylic acids is 1. The van der Waals surface area contributed by atoms with Gasteiger partial charge in [0.15, 0.2) is 5.82 Å². The van der Waals surface area contributed by atoms with Gasteiger partial charge in [0.05, 0.1) is 11.6 Å². The van der Waals surface area contributed by atoms with Gasteiger partial charge in [-0.2, -0.15) is 0 Å². The fourth-order valence-electron chi connectivity index (χ4n) is 2.51. The molecule has 0 spiro atoms. The van der Waals surface area contributed by atoms with Gasteiger partial charge >= 0.3 is 5.97 Å². The second kappa shape index (κ2) is 6.05. The molecule has 2 N–H and O–H groups in total. The summed E-state index contributed by atoms with van der Waals surface area (Å²) in [4.78, 5) is 28.0. The van der Waals surface area contributed by atoms with Gasteiger partial charge in [0.25, 0.3) is 5.91 Å². The standard InChI is InChI=1S/C19H19N3O3/c1-12-4-9-16-20-15(11-22(16)10-12)21-17(23)13-5-7-14(8-6-13)19(2,3)18(24)25/h4-11H,1-3H3,(H,21,23)(H,24,25). The number of nitrogens with one attached hydrogen (secondary N) is 1. The molecule has 0 unspecified atom stereocenters. The van der Waals surface area contributed by atoms with Crippen molar-refractivity contribution in [3.05, 3.63) is 65.5 Å². The largest absolute Gasteiger partial charge is 0.481 e. The molecular formula is C19H19N3O3. The third-order valence-corrected chi connectivity index (χ3v) is 4.24. The van der Waals surface area contributed by atoms with Crippen LogP contribution in [0.2, 0.25) is 0 Å². The average molecular weight is 337 g/mol. The van der Waals surface area contributed by atoms with E-state index in [-0.39, 0.29) is 5.91 Å². The minimum absolute atomic E-state index is 0.292. The summed E-state index contributed by atoms with van der Waals surface area (Å²) in [6.45, 7) is 5.24. The van der Waals surface area contributed by atoms with Crippen molar-refractivity contribution in [3.8, 4) is 0 Å². The molecule has 128 valence electrons. The molecule has 0 aliphatic carbocycles. The second-order valence-electron chi connectivity index (χ2n) is 6.56. The van der Waals surface area contributed by atoms with E-state index in [1.165, 1.54) is 0 Å². The number of anilines is 1. The fraction of sp³-hybridized carbons (Fsp3) is 0.211. The molecule has 1 amide bonds. The number of carboxylic acids is 1. The first-order valence-corrected chi connectivity index (χ1v) is 7.88. The van der Waals surface area contributed by atoms with Crippen molar-refractivity contribution >= 4 is 23.3 Å². The van der Waals surface area contributed by atoms with Gasteiger partial charge in [0, 0.05) is 11.8 Å². The Hall–Kier alpha value is -3.15. The number of nitrogens with zero attached hydrogens (tertiary/aromatic N) is 2. The molecule has 6 nitrogen and oxygen atoms in total. The quantitative estimate of drug-likeness (QED) is 0.765. The Balaban J connectivity index is 1.79. The van der Waals surface area contributed by atoms with E-state index in [1.54, 1.807) is 44.3 Å². The topological polar surface area (TPSA) is 83.7 Å². The maximum absolute atomic E-state index is 12.4. The number of imidazole rings is 1. The number of aliphatic carboxylic acids is 1. The van der Waals surface area contributed by atoms with Crippen LogP contribution in [0.25, 0.3) is 5.65 Å². The van der Waals surface area contributed by atoms with E-state index in [9.17, 15) is 14.7 Å². The fourth-order valence-corrected chi connectivity index (χ4v) is 2.51. The monoisotopic (exact) mass is 337 g/mol. The van der Waals surface area contributed by atoms with Gasteiger partial charge in [-0.05, 0) is 50.1 Å². The summed E-state index contributed by atoms with van der Waals surface area (Å²) in [6, 6.07) is 10.4. The lowest BCUT2D eigenvalue weighted by atomic mass is 9.84. The van der Waals surface area contributed by atoms with E-state index in [0.717, 1.165) is 11.2 Å². The molecule has 0 atom stereocenters. The van der Waals surface area contributed by atoms with E-state index < -0.39 is 11.4 Å². The van der Waals surface area contributed by atoms with Crippen LogP contribution in [0.3, 0.4) is 0 Å². The minimum atomic E-state index is -1.01. The molecular weight excluding hydrogens is 318 g/mol. The van der Waals surface area contributed by atoms with Crippen LogP contribution in [0.5, 0.6) is 0 Å². The van der Waals surface area contributed by atoms with E-state index in [0.29, 0.717) is 16.9 Å². The molecule has 2 aromatic heterocycles. The minimum Gasteiger partial charge on any atom is -0.481 e. The Labute approximate surface area is 145 Å². The summed E-state index contributed by atoms with van der Waals surface area (Å²) in [5.41, 5.74) is 1.92. The highest BCUT2D eigenvalue weighted by atomic mass is 16.4. The van der Waals surface area contributed by atoms with Crippen LogP contribution in [0, 0.1) is 6.92 Å². The lowest BCUT2D eigenvalue weighted by Crippen LogP contribution is -2.28. The van der Waals surface area contributed by atoms with Crippen LogP contribution in [0.15, 0.2) is 48.8 Å². The Morgan fingerprint density at radius 2 is 1.76 bits per heavy atom. The normalized spacial score (nSPS) is 11.5. The first kappa shape index (κ1) is 16.7. The van der Waals surface area contributed by atoms with Crippen molar-refractivity contribution in [3.63, 3.8) is 0 Å². The zero-order valence-corrected chi connectivity index (χ0v) is 14.3. The third-order valence-electron chi connectivity index (χ3n) is 4.24. The number of aromatic nitrogens is 2. The Bertz CT molecular complexity index is 956. The van der Waals surface area contributed by atoms with Gasteiger partial charge in [-0.15, -0.1) is 0 Å². The number of aryl methyl sites for hydroxylation is 1. The number of carbonyl (C=O) groups is 2. The van der Waals surface area contributed by atoms with E-state index >= 15 is 0 Å². The molecule has 2 heterocycles. The highest BCUT2D eigenvalue weighted by Gasteiger charge is 2.29. The van der Waals surface area contributed by atoms with E-state index in [2.05, 4.69) is 10.3 Å². The number of rotatable bonds is 4. The van der Waals surface area contributed by atoms with Crippen LogP contribution >= 0.6 is 0 Å². The maximum atomic E-state index is 12.4. The molecule has 0 saturated carbocycles. The summed E-state index contributed by atoms with van der Waals surface area (Å²) in [5.74, 6) is -0.741. The van der Waals surface area contributed by atoms with Crippen LogP contribution in [-0.2, 0) is 10.2 Å². The SMILES string of the molecule is Cc1ccc2nc(NC(=O)c3ccc(C(C)(C)C(=O)O)cc3)cn2c1. The smallest absolute Gasteiger partial charge is 0.313 e. The summed E-state index contributed by atoms with van der Waals surface area (Å²) in [7, 11) is 0. The third kappa shape index (κ3) is 3.24. The molecule has 0 radical (unpaired) electrons. The molecule has 0 fully saturated rings. The molecule has 0 saturated heterocycles. The molecule has 0 bridgehead atoms. The number of fused-ring (bicyclic) bond motifs is 1. The summed E-state index contributed by atoms with van der Waals surface area (Å²) < 4.78 is 1.85. The van der Waals surface area contributed by atoms with Gasteiger partial charge in [-0.25, -0.2) is 4.98 Å². The van der Waals surface area contributed by atoms with Crippen LogP contribution in [-0.4, -0.2) is 26.4 Å². The van der Waals surface area contributed by atoms with Crippen LogP contribution in [0.4, 0.5) is 5.82 Å². The summed E-state index contributed by atoms with van der Waals surface area (Å²) in [5, 5.41) is 12.0. The van der Waals surface area contributed by atoms with Crippen molar-refractivity contribution in [2.45, 2.75) is 26.2 Å². The van der Waals surface area contributed by atoms with Crippen molar-refractivity contribution in [1.29, 1.82) is 0 Å². The average Bonchev–Trinajstić information content (AvgIpc) is 2.96. The summed E-state index contributed by atoms with van der Waals surface area (Å²) >= 11 is 0. The lowest BCUT2D eigenvalue weighted by Gasteiger charge is -2.19. The Morgan fingerprint density at radius 3 is 2.40 bits per heavy atom. The zero-order chi connectivity index (χ0) is 18.2. The van der Waals surface area contributed by atoms with Gasteiger partial charge in [-0.1, -0.05) is 18.2 Å². The van der Waals surface area contributed by atoms with Crippen molar-refractivity contribution < 1.29 is 14.7 Å².